The number of nitrogens with one attached hydrogen (secondary N) is 2. The third-order valence-electron chi connectivity index (χ3n) is 2.20. The summed E-state index contributed by atoms with van der Waals surface area (Å²) < 4.78 is 28.3. The van der Waals surface area contributed by atoms with E-state index in [0.29, 0.717) is 6.54 Å². The molecule has 0 bridgehead atoms. The van der Waals surface area contributed by atoms with Crippen molar-refractivity contribution in [2.75, 3.05) is 5.32 Å². The van der Waals surface area contributed by atoms with Crippen molar-refractivity contribution in [3.63, 3.8) is 0 Å². The first-order valence-electron chi connectivity index (χ1n) is 5.15. The molecular weight excluding hydrogens is 226 g/mol. The molecule has 0 radical (unpaired) electrons. The number of ether oxygens (including phenoxy) is 1. The van der Waals surface area contributed by atoms with Crippen LogP contribution in [0.15, 0.2) is 42.6 Å². The second kappa shape index (κ2) is 5.34. The molecule has 0 aliphatic rings. The van der Waals surface area contributed by atoms with Crippen molar-refractivity contribution >= 4 is 5.69 Å². The molecule has 1 aromatic heterocycles. The molecule has 17 heavy (non-hydrogen) atoms. The van der Waals surface area contributed by atoms with Gasteiger partial charge in [-0.25, -0.2) is 0 Å². The minimum Gasteiger partial charge on any atom is -0.435 e. The molecule has 0 fully saturated rings. The van der Waals surface area contributed by atoms with Gasteiger partial charge in [0.1, 0.15) is 5.75 Å². The quantitative estimate of drug-likeness (QED) is 0.839. The van der Waals surface area contributed by atoms with E-state index >= 15 is 0 Å². The highest BCUT2D eigenvalue weighted by Gasteiger charge is 2.04. The van der Waals surface area contributed by atoms with E-state index in [1.807, 2.05) is 18.3 Å². The van der Waals surface area contributed by atoms with E-state index in [0.717, 1.165) is 11.4 Å². The summed E-state index contributed by atoms with van der Waals surface area (Å²) in [6, 6.07) is 10.3. The van der Waals surface area contributed by atoms with Gasteiger partial charge in [0.15, 0.2) is 0 Å². The van der Waals surface area contributed by atoms with Crippen LogP contribution in [0.4, 0.5) is 14.5 Å². The number of benzene rings is 1. The molecule has 0 aliphatic carbocycles. The van der Waals surface area contributed by atoms with E-state index in [-0.39, 0.29) is 5.75 Å². The largest absolute Gasteiger partial charge is 0.435 e. The summed E-state index contributed by atoms with van der Waals surface area (Å²) in [5.41, 5.74) is 1.75. The number of H-pyrrole nitrogens is 1. The summed E-state index contributed by atoms with van der Waals surface area (Å²) >= 11 is 0. The first kappa shape index (κ1) is 11.4. The zero-order chi connectivity index (χ0) is 12.1. The molecule has 0 aliphatic heterocycles. The molecular formula is C12H12F2N2O. The Morgan fingerprint density at radius 2 is 2.12 bits per heavy atom. The van der Waals surface area contributed by atoms with Crippen LogP contribution in [0.25, 0.3) is 0 Å². The maximum atomic E-state index is 12.0. The number of hydrogen-bond acceptors (Lipinski definition) is 2. The van der Waals surface area contributed by atoms with Gasteiger partial charge in [0.2, 0.25) is 0 Å². The van der Waals surface area contributed by atoms with Gasteiger partial charge in [-0.15, -0.1) is 0 Å². The lowest BCUT2D eigenvalue weighted by Crippen LogP contribution is -2.03. The van der Waals surface area contributed by atoms with Crippen molar-refractivity contribution < 1.29 is 13.5 Å². The predicted molar refractivity (Wildman–Crippen MR) is 61.2 cm³/mol. The molecule has 1 heterocycles. The molecule has 2 N–H and O–H groups in total. The van der Waals surface area contributed by atoms with E-state index in [1.54, 1.807) is 12.1 Å². The Labute approximate surface area is 97.4 Å². The standard InChI is InChI=1S/C12H12F2N2O/c13-12(14)17-11-5-1-3-9(7-11)16-8-10-4-2-6-15-10/h1-7,12,15-16H,8H2. The number of halogens is 2. The van der Waals surface area contributed by atoms with Gasteiger partial charge in [-0.05, 0) is 24.3 Å². The monoisotopic (exact) mass is 238 g/mol. The molecule has 2 rings (SSSR count). The maximum Gasteiger partial charge on any atom is 0.387 e. The summed E-state index contributed by atoms with van der Waals surface area (Å²) in [6.45, 7) is -2.20. The van der Waals surface area contributed by atoms with Crippen LogP contribution in [-0.2, 0) is 6.54 Å². The van der Waals surface area contributed by atoms with Gasteiger partial charge in [0, 0.05) is 23.6 Å². The lowest BCUT2D eigenvalue weighted by atomic mass is 10.3. The van der Waals surface area contributed by atoms with Crippen molar-refractivity contribution in [2.45, 2.75) is 13.2 Å². The Kier molecular flexibility index (Phi) is 3.59. The summed E-state index contributed by atoms with van der Waals surface area (Å²) in [6.07, 6.45) is 1.83. The van der Waals surface area contributed by atoms with Gasteiger partial charge >= 0.3 is 6.61 Å². The Morgan fingerprint density at radius 3 is 2.82 bits per heavy atom. The lowest BCUT2D eigenvalue weighted by Gasteiger charge is -2.08. The van der Waals surface area contributed by atoms with Crippen molar-refractivity contribution in [1.29, 1.82) is 0 Å². The molecule has 5 heteroatoms. The predicted octanol–water partition coefficient (Wildman–Crippen LogP) is 3.23. The fourth-order valence-electron chi connectivity index (χ4n) is 1.46. The van der Waals surface area contributed by atoms with E-state index in [1.165, 1.54) is 12.1 Å². The van der Waals surface area contributed by atoms with Crippen LogP contribution >= 0.6 is 0 Å². The first-order chi connectivity index (χ1) is 8.24. The van der Waals surface area contributed by atoms with Crippen LogP contribution in [0.2, 0.25) is 0 Å². The highest BCUT2D eigenvalue weighted by Crippen LogP contribution is 2.19. The van der Waals surface area contributed by atoms with Crippen LogP contribution in [0.5, 0.6) is 5.75 Å². The Balaban J connectivity index is 1.96. The number of aromatic amines is 1. The van der Waals surface area contributed by atoms with Gasteiger partial charge in [0.25, 0.3) is 0 Å². The molecule has 0 spiro atoms. The zero-order valence-corrected chi connectivity index (χ0v) is 8.99. The average molecular weight is 238 g/mol. The molecule has 0 atom stereocenters. The number of aromatic nitrogens is 1. The fraction of sp³-hybridized carbons (Fsp3) is 0.167. The third-order valence-corrected chi connectivity index (χ3v) is 2.20. The Bertz CT molecular complexity index is 457. The van der Waals surface area contributed by atoms with Crippen molar-refractivity contribution in [1.82, 2.24) is 4.98 Å². The molecule has 2 aromatic rings. The average Bonchev–Trinajstić information content (AvgIpc) is 2.79. The Hall–Kier alpha value is -2.04. The van der Waals surface area contributed by atoms with E-state index in [9.17, 15) is 8.78 Å². The highest BCUT2D eigenvalue weighted by molar-refractivity contribution is 5.48. The van der Waals surface area contributed by atoms with Crippen LogP contribution < -0.4 is 10.1 Å². The second-order valence-electron chi connectivity index (χ2n) is 3.46. The van der Waals surface area contributed by atoms with Crippen molar-refractivity contribution in [3.05, 3.63) is 48.3 Å². The fourth-order valence-corrected chi connectivity index (χ4v) is 1.46. The van der Waals surface area contributed by atoms with E-state index < -0.39 is 6.61 Å². The number of hydrogen-bond donors (Lipinski definition) is 2. The van der Waals surface area contributed by atoms with Gasteiger partial charge in [-0.2, -0.15) is 8.78 Å². The summed E-state index contributed by atoms with van der Waals surface area (Å²) in [4.78, 5) is 3.04. The number of rotatable bonds is 5. The molecule has 0 amide bonds. The van der Waals surface area contributed by atoms with Crippen LogP contribution in [0, 0.1) is 0 Å². The van der Waals surface area contributed by atoms with Gasteiger partial charge in [-0.1, -0.05) is 6.07 Å². The number of anilines is 1. The lowest BCUT2D eigenvalue weighted by molar-refractivity contribution is -0.0498. The van der Waals surface area contributed by atoms with E-state index in [2.05, 4.69) is 15.0 Å². The molecule has 1 aromatic carbocycles. The summed E-state index contributed by atoms with van der Waals surface area (Å²) in [5, 5.41) is 3.10. The van der Waals surface area contributed by atoms with Crippen LogP contribution in [-0.4, -0.2) is 11.6 Å². The first-order valence-corrected chi connectivity index (χ1v) is 5.15. The van der Waals surface area contributed by atoms with E-state index in [4.69, 9.17) is 0 Å². The van der Waals surface area contributed by atoms with Crippen LogP contribution in [0.1, 0.15) is 5.69 Å². The molecule has 3 nitrogen and oxygen atoms in total. The Morgan fingerprint density at radius 1 is 1.24 bits per heavy atom. The SMILES string of the molecule is FC(F)Oc1cccc(NCc2ccc[nH]2)c1. The second-order valence-corrected chi connectivity index (χ2v) is 3.46. The van der Waals surface area contributed by atoms with Gasteiger partial charge in [0.05, 0.1) is 6.54 Å². The minimum absolute atomic E-state index is 0.150. The molecule has 0 saturated heterocycles. The molecule has 0 saturated carbocycles. The summed E-state index contributed by atoms with van der Waals surface area (Å²) in [7, 11) is 0. The molecule has 90 valence electrons. The maximum absolute atomic E-state index is 12.0. The smallest absolute Gasteiger partial charge is 0.387 e. The number of alkyl halides is 2. The van der Waals surface area contributed by atoms with Gasteiger partial charge in [-0.3, -0.25) is 0 Å². The van der Waals surface area contributed by atoms with Crippen molar-refractivity contribution in [2.24, 2.45) is 0 Å². The third kappa shape index (κ3) is 3.48. The minimum atomic E-state index is -2.80. The van der Waals surface area contributed by atoms with Crippen molar-refractivity contribution in [3.8, 4) is 5.75 Å². The summed E-state index contributed by atoms with van der Waals surface area (Å²) in [5.74, 6) is 0.150. The zero-order valence-electron chi connectivity index (χ0n) is 8.99. The molecule has 0 unspecified atom stereocenters. The van der Waals surface area contributed by atoms with Crippen LogP contribution in [0.3, 0.4) is 0 Å². The van der Waals surface area contributed by atoms with Gasteiger partial charge < -0.3 is 15.0 Å². The topological polar surface area (TPSA) is 37.0 Å². The highest BCUT2D eigenvalue weighted by atomic mass is 19.3. The normalized spacial score (nSPS) is 10.5.